The largest absolute Gasteiger partial charge is 0.289 e. The van der Waals surface area contributed by atoms with Crippen LogP contribution >= 0.6 is 11.2 Å². The van der Waals surface area contributed by atoms with E-state index in [-0.39, 0.29) is 0 Å². The van der Waals surface area contributed by atoms with Crippen LogP contribution in [0, 0.1) is 0 Å². The van der Waals surface area contributed by atoms with Crippen molar-refractivity contribution in [3.63, 3.8) is 0 Å². The second-order valence-corrected chi connectivity index (χ2v) is 16.2. The van der Waals surface area contributed by atoms with Crippen molar-refractivity contribution in [2.75, 3.05) is 0 Å². The van der Waals surface area contributed by atoms with Gasteiger partial charge in [0.05, 0.1) is 6.54 Å². The molecule has 0 bridgehead atoms. The highest BCUT2D eigenvalue weighted by Gasteiger charge is 2.23. The van der Waals surface area contributed by atoms with E-state index in [2.05, 4.69) is 61.2 Å². The van der Waals surface area contributed by atoms with E-state index in [4.69, 9.17) is 4.99 Å². The minimum absolute atomic E-state index is 0.818. The summed E-state index contributed by atoms with van der Waals surface area (Å²) in [5.41, 5.74) is 2.79. The first-order valence-corrected chi connectivity index (χ1v) is 12.9. The van der Waals surface area contributed by atoms with E-state index in [9.17, 15) is 0 Å². The third kappa shape index (κ3) is 5.84. The Morgan fingerprint density at radius 1 is 1.15 bits per heavy atom. The Morgan fingerprint density at radius 3 is 2.60 bits per heavy atom. The molecule has 2 rings (SSSR count). The first-order valence-electron chi connectivity index (χ1n) is 7.77. The van der Waals surface area contributed by atoms with E-state index < -0.39 is 7.22 Å². The second-order valence-electron chi connectivity index (χ2n) is 6.67. The molecule has 0 heterocycles. The lowest BCUT2D eigenvalue weighted by atomic mass is 10.1. The smallest absolute Gasteiger partial charge is 0.108 e. The first kappa shape index (κ1) is 15.8. The number of rotatable bonds is 4. The van der Waals surface area contributed by atoms with Crippen LogP contribution in [-0.2, 0) is 6.54 Å². The van der Waals surface area contributed by atoms with Crippen molar-refractivity contribution in [1.82, 2.24) is 0 Å². The van der Waals surface area contributed by atoms with Gasteiger partial charge in [0.25, 0.3) is 0 Å². The molecule has 0 spiro atoms. The molecular formula is C17H27NSSi. The minimum atomic E-state index is -1.02. The van der Waals surface area contributed by atoms with Crippen molar-refractivity contribution >= 4 is 24.1 Å². The van der Waals surface area contributed by atoms with Crippen molar-refractivity contribution in [2.45, 2.75) is 63.5 Å². The summed E-state index contributed by atoms with van der Waals surface area (Å²) in [6, 6.07) is 10.6. The van der Waals surface area contributed by atoms with Gasteiger partial charge in [-0.2, -0.15) is 11.2 Å². The molecule has 0 amide bonds. The average Bonchev–Trinajstić information content (AvgIpc) is 2.61. The number of benzene rings is 1. The van der Waals surface area contributed by atoms with E-state index in [1.54, 1.807) is 0 Å². The number of nitrogens with zero attached hydrogens (tertiary/aromatic N) is 1. The van der Waals surface area contributed by atoms with Gasteiger partial charge < -0.3 is 0 Å². The first-order chi connectivity index (χ1) is 9.53. The highest BCUT2D eigenvalue weighted by Crippen LogP contribution is 2.33. The van der Waals surface area contributed by atoms with Crippen LogP contribution in [0.1, 0.15) is 37.7 Å². The van der Waals surface area contributed by atoms with Gasteiger partial charge in [0.1, 0.15) is 7.22 Å². The summed E-state index contributed by atoms with van der Waals surface area (Å²) >= 11 is 2.27. The van der Waals surface area contributed by atoms with Crippen molar-refractivity contribution in [2.24, 2.45) is 4.99 Å². The normalized spacial score (nSPS) is 22.8. The van der Waals surface area contributed by atoms with E-state index in [0.29, 0.717) is 0 Å². The lowest BCUT2D eigenvalue weighted by Crippen LogP contribution is -2.21. The summed E-state index contributed by atoms with van der Waals surface area (Å²) < 4.78 is 0. The number of hydrogen-bond donors (Lipinski definition) is 0. The van der Waals surface area contributed by atoms with Crippen LogP contribution in [0.4, 0.5) is 0 Å². The van der Waals surface area contributed by atoms with Gasteiger partial charge in [0.15, 0.2) is 0 Å². The lowest BCUT2D eigenvalue weighted by molar-refractivity contribution is 0.714. The van der Waals surface area contributed by atoms with Crippen LogP contribution in [0.2, 0.25) is 19.6 Å². The molecule has 1 aliphatic rings. The molecule has 110 valence electrons. The molecule has 1 unspecified atom stereocenters. The molecule has 0 radical (unpaired) electrons. The zero-order valence-corrected chi connectivity index (χ0v) is 14.9. The molecule has 1 nitrogen and oxygen atoms in total. The van der Waals surface area contributed by atoms with Crippen LogP contribution in [0.5, 0.6) is 0 Å². The number of hydrogen-bond acceptors (Lipinski definition) is 2. The fourth-order valence-electron chi connectivity index (χ4n) is 2.70. The highest BCUT2D eigenvalue weighted by atomic mass is 32.4. The fourth-order valence-corrected chi connectivity index (χ4v) is 7.86. The van der Waals surface area contributed by atoms with Crippen molar-refractivity contribution in [1.29, 1.82) is 0 Å². The predicted molar refractivity (Wildman–Crippen MR) is 95.4 cm³/mol. The highest BCUT2D eigenvalue weighted by molar-refractivity contribution is 8.29. The maximum Gasteiger partial charge on any atom is 0.108 e. The van der Waals surface area contributed by atoms with Crippen LogP contribution in [0.25, 0.3) is 0 Å². The third-order valence-corrected chi connectivity index (χ3v) is 8.12. The van der Waals surface area contributed by atoms with E-state index >= 15 is 0 Å². The van der Waals surface area contributed by atoms with E-state index in [1.807, 2.05) is 0 Å². The molecule has 1 aromatic rings. The SMILES string of the molecule is C[Si](C)(C)SC1CCCC/C(=N/Cc2ccccc2)C1. The summed E-state index contributed by atoms with van der Waals surface area (Å²) in [4.78, 5) is 4.91. The third-order valence-electron chi connectivity index (χ3n) is 3.55. The van der Waals surface area contributed by atoms with Gasteiger partial charge in [-0.1, -0.05) is 56.4 Å². The molecule has 1 fully saturated rings. The van der Waals surface area contributed by atoms with E-state index in [1.165, 1.54) is 43.4 Å². The van der Waals surface area contributed by atoms with Gasteiger partial charge in [-0.3, -0.25) is 4.99 Å². The molecule has 20 heavy (non-hydrogen) atoms. The van der Waals surface area contributed by atoms with Crippen molar-refractivity contribution in [3.8, 4) is 0 Å². The summed E-state index contributed by atoms with van der Waals surface area (Å²) in [7, 11) is -1.02. The van der Waals surface area contributed by atoms with Crippen LogP contribution in [-0.4, -0.2) is 18.2 Å². The Balaban J connectivity index is 1.96. The number of aliphatic imine (C=N–C) groups is 1. The zero-order chi connectivity index (χ0) is 14.4. The van der Waals surface area contributed by atoms with Crippen LogP contribution in [0.3, 0.4) is 0 Å². The minimum Gasteiger partial charge on any atom is -0.289 e. The Morgan fingerprint density at radius 2 is 1.90 bits per heavy atom. The molecule has 1 saturated carbocycles. The van der Waals surface area contributed by atoms with Gasteiger partial charge in [-0.25, -0.2) is 0 Å². The molecule has 0 aliphatic heterocycles. The molecule has 0 N–H and O–H groups in total. The monoisotopic (exact) mass is 305 g/mol. The molecule has 0 aromatic heterocycles. The summed E-state index contributed by atoms with van der Waals surface area (Å²) in [5, 5.41) is 0.818. The van der Waals surface area contributed by atoms with Crippen LogP contribution in [0.15, 0.2) is 35.3 Å². The zero-order valence-electron chi connectivity index (χ0n) is 13.1. The molecule has 1 aromatic carbocycles. The molecule has 0 saturated heterocycles. The van der Waals surface area contributed by atoms with Gasteiger partial charge >= 0.3 is 0 Å². The Kier molecular flexibility index (Phi) is 5.91. The average molecular weight is 306 g/mol. The fraction of sp³-hybridized carbons (Fsp3) is 0.588. The Labute approximate surface area is 128 Å². The van der Waals surface area contributed by atoms with Crippen molar-refractivity contribution in [3.05, 3.63) is 35.9 Å². The predicted octanol–water partition coefficient (Wildman–Crippen LogP) is 5.53. The second kappa shape index (κ2) is 7.46. The Bertz CT molecular complexity index is 436. The van der Waals surface area contributed by atoms with Gasteiger partial charge in [0.2, 0.25) is 0 Å². The molecular weight excluding hydrogens is 278 g/mol. The van der Waals surface area contributed by atoms with Gasteiger partial charge in [-0.15, -0.1) is 0 Å². The molecule has 1 atom stereocenters. The summed E-state index contributed by atoms with van der Waals surface area (Å²) in [6.07, 6.45) is 6.54. The lowest BCUT2D eigenvalue weighted by Gasteiger charge is -2.23. The summed E-state index contributed by atoms with van der Waals surface area (Å²) in [5.74, 6) is 0. The van der Waals surface area contributed by atoms with E-state index in [0.717, 1.165) is 11.8 Å². The quantitative estimate of drug-likeness (QED) is 0.526. The van der Waals surface area contributed by atoms with Crippen molar-refractivity contribution < 1.29 is 0 Å². The van der Waals surface area contributed by atoms with Gasteiger partial charge in [-0.05, 0) is 31.2 Å². The standard InChI is InChI=1S/C17H27NSSi/c1-20(2,3)19-17-12-8-7-11-16(13-17)18-14-15-9-5-4-6-10-15/h4-6,9-10,17H,7-8,11-14H2,1-3H3/b18-16-. The summed E-state index contributed by atoms with van der Waals surface area (Å²) in [6.45, 7) is 8.25. The Hall–Kier alpha value is -0.543. The van der Waals surface area contributed by atoms with Crippen LogP contribution < -0.4 is 0 Å². The topological polar surface area (TPSA) is 12.4 Å². The van der Waals surface area contributed by atoms with Gasteiger partial charge in [0, 0.05) is 11.0 Å². The molecule has 1 aliphatic carbocycles. The molecule has 3 heteroatoms. The maximum absolute atomic E-state index is 4.91. The maximum atomic E-state index is 4.91.